The van der Waals surface area contributed by atoms with Crippen molar-refractivity contribution >= 4 is 23.1 Å². The number of hydrogen-bond donors (Lipinski definition) is 0. The van der Waals surface area contributed by atoms with E-state index in [-0.39, 0.29) is 0 Å². The Balaban J connectivity index is 1.31. The predicted octanol–water partition coefficient (Wildman–Crippen LogP) is 5.44. The third-order valence-electron chi connectivity index (χ3n) is 4.68. The number of hydrogen-bond acceptors (Lipinski definition) is 5. The van der Waals surface area contributed by atoms with Gasteiger partial charge in [-0.05, 0) is 61.7 Å². The van der Waals surface area contributed by atoms with E-state index in [0.717, 1.165) is 41.9 Å². The van der Waals surface area contributed by atoms with E-state index in [0.29, 0.717) is 6.04 Å². The number of thioether (sulfide) groups is 1. The zero-order valence-electron chi connectivity index (χ0n) is 15.9. The van der Waals surface area contributed by atoms with Crippen LogP contribution in [0.1, 0.15) is 47.1 Å². The van der Waals surface area contributed by atoms with Crippen molar-refractivity contribution in [2.24, 2.45) is 0 Å². The molecule has 2 aromatic heterocycles. The summed E-state index contributed by atoms with van der Waals surface area (Å²) in [6, 6.07) is 11.2. The van der Waals surface area contributed by atoms with Crippen molar-refractivity contribution in [2.75, 3.05) is 12.4 Å². The molecule has 1 saturated carbocycles. The molecule has 1 fully saturated rings. The Morgan fingerprint density at radius 1 is 1.22 bits per heavy atom. The molecule has 4 nitrogen and oxygen atoms in total. The molecule has 3 aromatic rings. The smallest absolute Gasteiger partial charge is 0.191 e. The van der Waals surface area contributed by atoms with Gasteiger partial charge in [0.15, 0.2) is 5.16 Å². The Morgan fingerprint density at radius 2 is 2.11 bits per heavy atom. The molecule has 0 radical (unpaired) electrons. The second kappa shape index (κ2) is 8.48. The summed E-state index contributed by atoms with van der Waals surface area (Å²) < 4.78 is 8.34. The van der Waals surface area contributed by atoms with E-state index in [9.17, 15) is 0 Å². The van der Waals surface area contributed by atoms with Crippen LogP contribution in [0.4, 0.5) is 0 Å². The van der Waals surface area contributed by atoms with E-state index in [2.05, 4.69) is 64.3 Å². The number of thiophene rings is 1. The predicted molar refractivity (Wildman–Crippen MR) is 112 cm³/mol. The Morgan fingerprint density at radius 3 is 2.89 bits per heavy atom. The molecular formula is C21H25N3OS2. The monoisotopic (exact) mass is 399 g/mol. The molecule has 0 spiro atoms. The van der Waals surface area contributed by atoms with Crippen molar-refractivity contribution in [1.29, 1.82) is 0 Å². The quantitative estimate of drug-likeness (QED) is 0.355. The highest BCUT2D eigenvalue weighted by Gasteiger charge is 2.29. The SMILES string of the molecule is Cc1ccc(C)c(OCCCSc2nnc(Cc3cccs3)n2C2CC2)c1. The van der Waals surface area contributed by atoms with Crippen LogP contribution >= 0.6 is 23.1 Å². The second-order valence-corrected chi connectivity index (χ2v) is 9.17. The molecule has 27 heavy (non-hydrogen) atoms. The average Bonchev–Trinajstić information content (AvgIpc) is 3.21. The van der Waals surface area contributed by atoms with Crippen LogP contribution in [0.25, 0.3) is 0 Å². The summed E-state index contributed by atoms with van der Waals surface area (Å²) in [5, 5.41) is 12.2. The molecular weight excluding hydrogens is 374 g/mol. The minimum atomic E-state index is 0.601. The fourth-order valence-corrected chi connectivity index (χ4v) is 4.70. The van der Waals surface area contributed by atoms with Gasteiger partial charge in [0.1, 0.15) is 11.6 Å². The lowest BCUT2D eigenvalue weighted by molar-refractivity contribution is 0.316. The minimum Gasteiger partial charge on any atom is -0.493 e. The molecule has 0 unspecified atom stereocenters. The van der Waals surface area contributed by atoms with E-state index >= 15 is 0 Å². The summed E-state index contributed by atoms with van der Waals surface area (Å²) in [6.07, 6.45) is 4.38. The van der Waals surface area contributed by atoms with Crippen LogP contribution < -0.4 is 4.74 Å². The second-order valence-electron chi connectivity index (χ2n) is 7.08. The van der Waals surface area contributed by atoms with Gasteiger partial charge in [0.05, 0.1) is 6.61 Å². The normalized spacial score (nSPS) is 13.9. The first-order valence-electron chi connectivity index (χ1n) is 9.50. The van der Waals surface area contributed by atoms with Crippen LogP contribution in [0.5, 0.6) is 5.75 Å². The molecule has 0 N–H and O–H groups in total. The molecule has 1 aliphatic carbocycles. The van der Waals surface area contributed by atoms with E-state index in [1.165, 1.54) is 28.8 Å². The van der Waals surface area contributed by atoms with Crippen LogP contribution in [-0.2, 0) is 6.42 Å². The van der Waals surface area contributed by atoms with Gasteiger partial charge in [0.25, 0.3) is 0 Å². The fraction of sp³-hybridized carbons (Fsp3) is 0.429. The van der Waals surface area contributed by atoms with Crippen LogP contribution in [-0.4, -0.2) is 27.1 Å². The van der Waals surface area contributed by atoms with Crippen LogP contribution in [0.15, 0.2) is 40.9 Å². The topological polar surface area (TPSA) is 39.9 Å². The van der Waals surface area contributed by atoms with Gasteiger partial charge in [-0.2, -0.15) is 0 Å². The molecule has 1 aliphatic rings. The van der Waals surface area contributed by atoms with Gasteiger partial charge in [-0.15, -0.1) is 21.5 Å². The molecule has 0 saturated heterocycles. The minimum absolute atomic E-state index is 0.601. The van der Waals surface area contributed by atoms with Crippen molar-refractivity contribution < 1.29 is 4.74 Å². The van der Waals surface area contributed by atoms with E-state index < -0.39 is 0 Å². The lowest BCUT2D eigenvalue weighted by Crippen LogP contribution is -2.04. The highest BCUT2D eigenvalue weighted by Crippen LogP contribution is 2.39. The maximum atomic E-state index is 5.97. The molecule has 0 aliphatic heterocycles. The van der Waals surface area contributed by atoms with Crippen LogP contribution in [0.3, 0.4) is 0 Å². The summed E-state index contributed by atoms with van der Waals surface area (Å²) in [7, 11) is 0. The first kappa shape index (κ1) is 18.6. The Hall–Kier alpha value is -1.79. The number of aryl methyl sites for hydroxylation is 2. The van der Waals surface area contributed by atoms with Gasteiger partial charge >= 0.3 is 0 Å². The number of ether oxygens (including phenoxy) is 1. The van der Waals surface area contributed by atoms with E-state index in [4.69, 9.17) is 4.74 Å². The van der Waals surface area contributed by atoms with Gasteiger partial charge in [0, 0.05) is 23.1 Å². The van der Waals surface area contributed by atoms with E-state index in [1.807, 2.05) is 0 Å². The molecule has 0 atom stereocenters. The Bertz CT molecular complexity index is 885. The average molecular weight is 400 g/mol. The summed E-state index contributed by atoms with van der Waals surface area (Å²) >= 11 is 3.59. The summed E-state index contributed by atoms with van der Waals surface area (Å²) in [5.74, 6) is 3.10. The molecule has 2 heterocycles. The maximum absolute atomic E-state index is 5.97. The lowest BCUT2D eigenvalue weighted by atomic mass is 10.1. The highest BCUT2D eigenvalue weighted by atomic mass is 32.2. The van der Waals surface area contributed by atoms with Gasteiger partial charge in [-0.25, -0.2) is 0 Å². The molecule has 0 bridgehead atoms. The van der Waals surface area contributed by atoms with Gasteiger partial charge in [-0.1, -0.05) is 30.0 Å². The van der Waals surface area contributed by atoms with Crippen molar-refractivity contribution in [3.63, 3.8) is 0 Å². The van der Waals surface area contributed by atoms with E-state index in [1.54, 1.807) is 23.1 Å². The number of rotatable bonds is 9. The zero-order valence-corrected chi connectivity index (χ0v) is 17.5. The molecule has 0 amide bonds. The lowest BCUT2D eigenvalue weighted by Gasteiger charge is -2.10. The summed E-state index contributed by atoms with van der Waals surface area (Å²) in [4.78, 5) is 1.35. The number of aromatic nitrogens is 3. The van der Waals surface area contributed by atoms with Gasteiger partial charge < -0.3 is 9.30 Å². The maximum Gasteiger partial charge on any atom is 0.191 e. The molecule has 4 rings (SSSR count). The first-order valence-corrected chi connectivity index (χ1v) is 11.4. The van der Waals surface area contributed by atoms with Crippen molar-refractivity contribution in [3.8, 4) is 5.75 Å². The number of nitrogens with zero attached hydrogens (tertiary/aromatic N) is 3. The van der Waals surface area contributed by atoms with Gasteiger partial charge in [-0.3, -0.25) is 0 Å². The third-order valence-corrected chi connectivity index (χ3v) is 6.59. The largest absolute Gasteiger partial charge is 0.493 e. The van der Waals surface area contributed by atoms with Gasteiger partial charge in [0.2, 0.25) is 0 Å². The molecule has 1 aromatic carbocycles. The fourth-order valence-electron chi connectivity index (χ4n) is 3.06. The van der Waals surface area contributed by atoms with Crippen LogP contribution in [0.2, 0.25) is 0 Å². The Kier molecular flexibility index (Phi) is 5.83. The van der Waals surface area contributed by atoms with Crippen molar-refractivity contribution in [2.45, 2.75) is 50.7 Å². The first-order chi connectivity index (χ1) is 13.2. The third kappa shape index (κ3) is 4.74. The van der Waals surface area contributed by atoms with Crippen LogP contribution in [0, 0.1) is 13.8 Å². The number of benzene rings is 1. The molecule has 142 valence electrons. The standard InChI is InChI=1S/C21H25N3OS2/c1-15-6-7-16(2)19(13-15)25-10-4-12-27-21-23-22-20(24(21)17-8-9-17)14-18-5-3-11-26-18/h3,5-7,11,13,17H,4,8-10,12,14H2,1-2H3. The van der Waals surface area contributed by atoms with Crippen molar-refractivity contribution in [1.82, 2.24) is 14.8 Å². The highest BCUT2D eigenvalue weighted by molar-refractivity contribution is 7.99. The molecule has 6 heteroatoms. The van der Waals surface area contributed by atoms with Crippen molar-refractivity contribution in [3.05, 3.63) is 57.5 Å². The zero-order chi connectivity index (χ0) is 18.6. The summed E-state index contributed by atoms with van der Waals surface area (Å²) in [6.45, 7) is 4.92. The summed E-state index contributed by atoms with van der Waals surface area (Å²) in [5.41, 5.74) is 2.43. The Labute approximate surface area is 169 Å².